The van der Waals surface area contributed by atoms with Gasteiger partial charge in [0, 0.05) is 27.4 Å². The van der Waals surface area contributed by atoms with Crippen LogP contribution in [0, 0.1) is 0 Å². The lowest BCUT2D eigenvalue weighted by Gasteiger charge is -2.20. The molecule has 98 valence electrons. The molecule has 17 heavy (non-hydrogen) atoms. The van der Waals surface area contributed by atoms with Crippen molar-refractivity contribution in [3.05, 3.63) is 11.8 Å². The molecule has 0 aliphatic carbocycles. The van der Waals surface area contributed by atoms with Gasteiger partial charge >= 0.3 is 5.97 Å². The largest absolute Gasteiger partial charge is 0.456 e. The minimum Gasteiger partial charge on any atom is -0.456 e. The number of rotatable bonds is 5. The van der Waals surface area contributed by atoms with E-state index < -0.39 is 17.4 Å². The molecule has 5 nitrogen and oxygen atoms in total. The Hall–Kier alpha value is -1.36. The summed E-state index contributed by atoms with van der Waals surface area (Å²) in [5.41, 5.74) is -0.637. The molecule has 0 atom stereocenters. The third-order valence-electron chi connectivity index (χ3n) is 1.58. The maximum absolute atomic E-state index is 11.8. The van der Waals surface area contributed by atoms with E-state index in [1.165, 1.54) is 13.3 Å². The van der Waals surface area contributed by atoms with Crippen LogP contribution in [0.5, 0.6) is 0 Å². The van der Waals surface area contributed by atoms with Crippen molar-refractivity contribution in [3.63, 3.8) is 0 Å². The number of ketones is 1. The second kappa shape index (κ2) is 6.39. The van der Waals surface area contributed by atoms with E-state index in [-0.39, 0.29) is 12.2 Å². The van der Waals surface area contributed by atoms with Gasteiger partial charge in [0.05, 0.1) is 0 Å². The van der Waals surface area contributed by atoms with Crippen LogP contribution in [0.4, 0.5) is 0 Å². The summed E-state index contributed by atoms with van der Waals surface area (Å²) in [6.07, 6.45) is 1.44. The van der Waals surface area contributed by atoms with Gasteiger partial charge in [0.2, 0.25) is 0 Å². The van der Waals surface area contributed by atoms with Gasteiger partial charge in [-0.1, -0.05) is 0 Å². The van der Waals surface area contributed by atoms with E-state index in [1.54, 1.807) is 39.8 Å². The fraction of sp³-hybridized carbons (Fsp3) is 0.667. The van der Waals surface area contributed by atoms with Crippen LogP contribution in [-0.2, 0) is 19.1 Å². The highest BCUT2D eigenvalue weighted by Gasteiger charge is 2.24. The molecule has 0 N–H and O–H groups in total. The summed E-state index contributed by atoms with van der Waals surface area (Å²) < 4.78 is 9.89. The lowest BCUT2D eigenvalue weighted by atomic mass is 10.1. The standard InChI is InChI=1S/C12H21NO4/c1-12(2,3)17-11(15)9(7-13(4)5)10(14)8-16-6/h7H,8H2,1-6H3. The van der Waals surface area contributed by atoms with E-state index in [0.717, 1.165) is 0 Å². The fourth-order valence-electron chi connectivity index (χ4n) is 1.04. The zero-order chi connectivity index (χ0) is 13.6. The lowest BCUT2D eigenvalue weighted by Crippen LogP contribution is -2.29. The maximum Gasteiger partial charge on any atom is 0.343 e. The molecule has 0 bridgehead atoms. The highest BCUT2D eigenvalue weighted by atomic mass is 16.6. The first-order valence-corrected chi connectivity index (χ1v) is 5.31. The quantitative estimate of drug-likeness (QED) is 0.312. The van der Waals surface area contributed by atoms with E-state index >= 15 is 0 Å². The van der Waals surface area contributed by atoms with Gasteiger partial charge in [0.25, 0.3) is 0 Å². The van der Waals surface area contributed by atoms with E-state index in [4.69, 9.17) is 9.47 Å². The molecule has 0 radical (unpaired) electrons. The number of ether oxygens (including phenoxy) is 2. The molecule has 0 aromatic carbocycles. The van der Waals surface area contributed by atoms with Gasteiger partial charge in [-0.2, -0.15) is 0 Å². The summed E-state index contributed by atoms with van der Waals surface area (Å²) in [6.45, 7) is 5.11. The number of Topliss-reactive ketones (excluding diaryl/α,β-unsaturated/α-hetero) is 1. The van der Waals surface area contributed by atoms with Crippen LogP contribution in [0.3, 0.4) is 0 Å². The average Bonchev–Trinajstić information content (AvgIpc) is 2.11. The van der Waals surface area contributed by atoms with Crippen LogP contribution in [0.1, 0.15) is 20.8 Å². The summed E-state index contributed by atoms with van der Waals surface area (Å²) in [5, 5.41) is 0. The Morgan fingerprint density at radius 1 is 1.24 bits per heavy atom. The van der Waals surface area contributed by atoms with Crippen LogP contribution in [-0.4, -0.2) is 50.1 Å². The van der Waals surface area contributed by atoms with Gasteiger partial charge in [-0.05, 0) is 20.8 Å². The Morgan fingerprint density at radius 2 is 1.76 bits per heavy atom. The first-order chi connectivity index (χ1) is 7.67. The molecule has 0 saturated heterocycles. The molecule has 5 heteroatoms. The topological polar surface area (TPSA) is 55.8 Å². The number of carbonyl (C=O) groups excluding carboxylic acids is 2. The third-order valence-corrected chi connectivity index (χ3v) is 1.58. The van der Waals surface area contributed by atoms with Crippen LogP contribution < -0.4 is 0 Å². The highest BCUT2D eigenvalue weighted by molar-refractivity contribution is 6.17. The van der Waals surface area contributed by atoms with Crippen molar-refractivity contribution in [2.75, 3.05) is 27.8 Å². The van der Waals surface area contributed by atoms with Crippen molar-refractivity contribution in [2.45, 2.75) is 26.4 Å². The average molecular weight is 243 g/mol. The fourth-order valence-corrected chi connectivity index (χ4v) is 1.04. The van der Waals surface area contributed by atoms with Crippen molar-refractivity contribution in [1.82, 2.24) is 4.90 Å². The van der Waals surface area contributed by atoms with Crippen molar-refractivity contribution in [1.29, 1.82) is 0 Å². The van der Waals surface area contributed by atoms with E-state index in [2.05, 4.69) is 0 Å². The third kappa shape index (κ3) is 6.73. The number of carbonyl (C=O) groups is 2. The minimum absolute atomic E-state index is 0.00762. The molecule has 0 aromatic heterocycles. The molecular weight excluding hydrogens is 222 g/mol. The van der Waals surface area contributed by atoms with Crippen LogP contribution >= 0.6 is 0 Å². The molecule has 0 heterocycles. The van der Waals surface area contributed by atoms with Crippen molar-refractivity contribution in [3.8, 4) is 0 Å². The van der Waals surface area contributed by atoms with Crippen LogP contribution in [0.25, 0.3) is 0 Å². The van der Waals surface area contributed by atoms with E-state index in [0.29, 0.717) is 0 Å². The van der Waals surface area contributed by atoms with Gasteiger partial charge in [0.15, 0.2) is 5.78 Å². The molecule has 0 rings (SSSR count). The SMILES string of the molecule is COCC(=O)C(=CN(C)C)C(=O)OC(C)(C)C. The summed E-state index contributed by atoms with van der Waals surface area (Å²) >= 11 is 0. The summed E-state index contributed by atoms with van der Waals surface area (Å²) in [4.78, 5) is 25.1. The number of esters is 1. The van der Waals surface area contributed by atoms with Gasteiger partial charge in [-0.3, -0.25) is 4.79 Å². The van der Waals surface area contributed by atoms with Gasteiger partial charge in [-0.25, -0.2) is 4.79 Å². The predicted molar refractivity (Wildman–Crippen MR) is 64.5 cm³/mol. The Morgan fingerprint density at radius 3 is 2.12 bits per heavy atom. The Balaban J connectivity index is 4.94. The number of hydrogen-bond donors (Lipinski definition) is 0. The zero-order valence-corrected chi connectivity index (χ0v) is 11.4. The second-order valence-electron chi connectivity index (χ2n) is 4.86. The maximum atomic E-state index is 11.8. The van der Waals surface area contributed by atoms with Gasteiger partial charge in [0.1, 0.15) is 17.8 Å². The molecule has 0 aromatic rings. The molecule has 0 spiro atoms. The first kappa shape index (κ1) is 15.6. The zero-order valence-electron chi connectivity index (χ0n) is 11.4. The Labute approximate surface area is 102 Å². The van der Waals surface area contributed by atoms with Gasteiger partial charge < -0.3 is 14.4 Å². The molecule has 0 saturated carbocycles. The first-order valence-electron chi connectivity index (χ1n) is 5.31. The summed E-state index contributed by atoms with van der Waals surface area (Å²) in [5.74, 6) is -1.02. The number of methoxy groups -OCH3 is 1. The van der Waals surface area contributed by atoms with Crippen LogP contribution in [0.2, 0.25) is 0 Å². The predicted octanol–water partition coefficient (Wildman–Crippen LogP) is 0.989. The van der Waals surface area contributed by atoms with Gasteiger partial charge in [-0.15, -0.1) is 0 Å². The number of nitrogens with zero attached hydrogens (tertiary/aromatic N) is 1. The molecule has 0 amide bonds. The monoisotopic (exact) mass is 243 g/mol. The molecule has 0 fully saturated rings. The molecule has 0 aliphatic rings. The Bertz CT molecular complexity index is 313. The number of hydrogen-bond acceptors (Lipinski definition) is 5. The molecule has 0 aliphatic heterocycles. The van der Waals surface area contributed by atoms with Crippen molar-refractivity contribution < 1.29 is 19.1 Å². The smallest absolute Gasteiger partial charge is 0.343 e. The van der Waals surface area contributed by atoms with Crippen LogP contribution in [0.15, 0.2) is 11.8 Å². The van der Waals surface area contributed by atoms with Crippen molar-refractivity contribution in [2.24, 2.45) is 0 Å². The normalized spacial score (nSPS) is 12.2. The molecular formula is C12H21NO4. The lowest BCUT2D eigenvalue weighted by molar-refractivity contribution is -0.151. The highest BCUT2D eigenvalue weighted by Crippen LogP contribution is 2.12. The van der Waals surface area contributed by atoms with E-state index in [9.17, 15) is 9.59 Å². The summed E-state index contributed by atoms with van der Waals surface area (Å²) in [6, 6.07) is 0. The van der Waals surface area contributed by atoms with E-state index in [1.807, 2.05) is 0 Å². The summed E-state index contributed by atoms with van der Waals surface area (Å²) in [7, 11) is 4.86. The Kier molecular flexibility index (Phi) is 5.88. The minimum atomic E-state index is -0.631. The molecule has 0 unspecified atom stereocenters. The second-order valence-corrected chi connectivity index (χ2v) is 4.86. The van der Waals surface area contributed by atoms with Crippen molar-refractivity contribution >= 4 is 11.8 Å².